The zero-order valence-electron chi connectivity index (χ0n) is 9.65. The number of hydrogen-bond acceptors (Lipinski definition) is 5. The molecule has 1 fully saturated rings. The molecule has 94 valence electrons. The molecule has 0 aromatic carbocycles. The summed E-state index contributed by atoms with van der Waals surface area (Å²) in [6.07, 6.45) is 3.03. The first-order valence-electron chi connectivity index (χ1n) is 5.82. The Hall–Kier alpha value is -0.980. The van der Waals surface area contributed by atoms with Crippen LogP contribution in [0.15, 0.2) is 11.6 Å². The standard InChI is InChI=1S/C11H17N3O2S/c15-10(7-9-8-12-3-5-16-9)13-2-1-11-14-4-6-17-11/h4,6,9,12H,1-3,5,7-8H2,(H,13,15). The molecular formula is C11H17N3O2S. The van der Waals surface area contributed by atoms with Crippen LogP contribution >= 0.6 is 11.3 Å². The molecule has 1 aromatic rings. The molecule has 2 heterocycles. The largest absolute Gasteiger partial charge is 0.375 e. The summed E-state index contributed by atoms with van der Waals surface area (Å²) in [6.45, 7) is 2.98. The molecule has 17 heavy (non-hydrogen) atoms. The quantitative estimate of drug-likeness (QED) is 0.788. The summed E-state index contributed by atoms with van der Waals surface area (Å²) in [4.78, 5) is 15.8. The summed E-state index contributed by atoms with van der Waals surface area (Å²) < 4.78 is 5.47. The average molecular weight is 255 g/mol. The number of carbonyl (C=O) groups excluding carboxylic acids is 1. The van der Waals surface area contributed by atoms with Crippen molar-refractivity contribution in [3.05, 3.63) is 16.6 Å². The van der Waals surface area contributed by atoms with Gasteiger partial charge in [0, 0.05) is 37.6 Å². The molecule has 1 saturated heterocycles. The summed E-state index contributed by atoms with van der Waals surface area (Å²) in [5, 5.41) is 9.09. The lowest BCUT2D eigenvalue weighted by Gasteiger charge is -2.22. The minimum atomic E-state index is 0.0172. The van der Waals surface area contributed by atoms with Crippen molar-refractivity contribution in [2.75, 3.05) is 26.2 Å². The van der Waals surface area contributed by atoms with E-state index in [9.17, 15) is 4.79 Å². The van der Waals surface area contributed by atoms with E-state index in [-0.39, 0.29) is 12.0 Å². The number of nitrogens with one attached hydrogen (secondary N) is 2. The van der Waals surface area contributed by atoms with Gasteiger partial charge < -0.3 is 15.4 Å². The molecule has 2 N–H and O–H groups in total. The molecule has 1 aliphatic rings. The van der Waals surface area contributed by atoms with E-state index in [4.69, 9.17) is 4.74 Å². The maximum absolute atomic E-state index is 11.6. The van der Waals surface area contributed by atoms with Gasteiger partial charge in [0.1, 0.15) is 0 Å². The van der Waals surface area contributed by atoms with E-state index in [0.29, 0.717) is 19.6 Å². The van der Waals surface area contributed by atoms with Crippen LogP contribution in [0.2, 0.25) is 0 Å². The number of ether oxygens (including phenoxy) is 1. The highest BCUT2D eigenvalue weighted by atomic mass is 32.1. The van der Waals surface area contributed by atoms with Crippen molar-refractivity contribution in [3.8, 4) is 0 Å². The van der Waals surface area contributed by atoms with Gasteiger partial charge in [-0.1, -0.05) is 0 Å². The fraction of sp³-hybridized carbons (Fsp3) is 0.636. The molecule has 0 radical (unpaired) electrons. The highest BCUT2D eigenvalue weighted by Gasteiger charge is 2.16. The fourth-order valence-electron chi connectivity index (χ4n) is 1.72. The number of carbonyl (C=O) groups is 1. The SMILES string of the molecule is O=C(CC1CNCCO1)NCCc1nccs1. The molecule has 0 spiro atoms. The Bertz CT molecular complexity index is 336. The number of aromatic nitrogens is 1. The van der Waals surface area contributed by atoms with Gasteiger partial charge in [-0.05, 0) is 0 Å². The number of amides is 1. The topological polar surface area (TPSA) is 63.2 Å². The average Bonchev–Trinajstić information content (AvgIpc) is 2.83. The molecule has 1 aromatic heterocycles. The predicted molar refractivity (Wildman–Crippen MR) is 66.1 cm³/mol. The smallest absolute Gasteiger partial charge is 0.222 e. The summed E-state index contributed by atoms with van der Waals surface area (Å²) >= 11 is 1.61. The Morgan fingerprint density at radius 2 is 2.65 bits per heavy atom. The lowest BCUT2D eigenvalue weighted by molar-refractivity contribution is -0.124. The first-order valence-corrected chi connectivity index (χ1v) is 6.70. The fourth-order valence-corrected chi connectivity index (χ4v) is 2.34. The third kappa shape index (κ3) is 4.41. The van der Waals surface area contributed by atoms with Gasteiger partial charge in [0.15, 0.2) is 0 Å². The van der Waals surface area contributed by atoms with Crippen molar-refractivity contribution in [2.45, 2.75) is 18.9 Å². The van der Waals surface area contributed by atoms with Crippen molar-refractivity contribution < 1.29 is 9.53 Å². The lowest BCUT2D eigenvalue weighted by Crippen LogP contribution is -2.41. The summed E-state index contributed by atoms with van der Waals surface area (Å²) in [7, 11) is 0. The van der Waals surface area contributed by atoms with Gasteiger partial charge >= 0.3 is 0 Å². The van der Waals surface area contributed by atoms with Crippen LogP contribution in [0.5, 0.6) is 0 Å². The van der Waals surface area contributed by atoms with Crippen molar-refractivity contribution in [3.63, 3.8) is 0 Å². The molecule has 1 aliphatic heterocycles. The molecule has 5 nitrogen and oxygen atoms in total. The monoisotopic (exact) mass is 255 g/mol. The van der Waals surface area contributed by atoms with Crippen LogP contribution in [0, 0.1) is 0 Å². The third-order valence-corrected chi connectivity index (χ3v) is 3.40. The van der Waals surface area contributed by atoms with Gasteiger partial charge in [-0.25, -0.2) is 4.98 Å². The normalized spacial score (nSPS) is 20.1. The van der Waals surface area contributed by atoms with E-state index >= 15 is 0 Å². The van der Waals surface area contributed by atoms with Crippen molar-refractivity contribution in [1.29, 1.82) is 0 Å². The first-order chi connectivity index (χ1) is 8.34. The minimum Gasteiger partial charge on any atom is -0.375 e. The van der Waals surface area contributed by atoms with E-state index in [1.54, 1.807) is 17.5 Å². The van der Waals surface area contributed by atoms with E-state index < -0.39 is 0 Å². The summed E-state index contributed by atoms with van der Waals surface area (Å²) in [5.74, 6) is 0.0512. The van der Waals surface area contributed by atoms with Crippen LogP contribution in [0.4, 0.5) is 0 Å². The van der Waals surface area contributed by atoms with Crippen molar-refractivity contribution >= 4 is 17.2 Å². The van der Waals surface area contributed by atoms with Crippen molar-refractivity contribution in [2.24, 2.45) is 0 Å². The van der Waals surface area contributed by atoms with E-state index in [2.05, 4.69) is 15.6 Å². The lowest BCUT2D eigenvalue weighted by atomic mass is 10.2. The van der Waals surface area contributed by atoms with Gasteiger partial charge in [-0.3, -0.25) is 4.79 Å². The Morgan fingerprint density at radius 3 is 3.35 bits per heavy atom. The minimum absolute atomic E-state index is 0.0172. The molecular weight excluding hydrogens is 238 g/mol. The molecule has 2 rings (SSSR count). The number of thiazole rings is 1. The second-order valence-corrected chi connectivity index (χ2v) is 4.91. The van der Waals surface area contributed by atoms with Gasteiger partial charge in [0.25, 0.3) is 0 Å². The van der Waals surface area contributed by atoms with E-state index in [1.165, 1.54) is 0 Å². The predicted octanol–water partition coefficient (Wildman–Crippen LogP) is 0.180. The molecule has 0 saturated carbocycles. The second kappa shape index (κ2) is 6.68. The zero-order chi connectivity index (χ0) is 11.9. The first kappa shape index (κ1) is 12.5. The number of nitrogens with zero attached hydrogens (tertiary/aromatic N) is 1. The van der Waals surface area contributed by atoms with Crippen LogP contribution in [-0.4, -0.2) is 43.2 Å². The second-order valence-electron chi connectivity index (χ2n) is 3.93. The number of rotatable bonds is 5. The molecule has 1 atom stereocenters. The van der Waals surface area contributed by atoms with Crippen molar-refractivity contribution in [1.82, 2.24) is 15.6 Å². The highest BCUT2D eigenvalue weighted by Crippen LogP contribution is 2.04. The number of hydrogen-bond donors (Lipinski definition) is 2. The Balaban J connectivity index is 1.60. The maximum Gasteiger partial charge on any atom is 0.222 e. The van der Waals surface area contributed by atoms with E-state index in [0.717, 1.165) is 24.5 Å². The molecule has 0 aliphatic carbocycles. The van der Waals surface area contributed by atoms with Gasteiger partial charge in [-0.2, -0.15) is 0 Å². The molecule has 0 bridgehead atoms. The Labute approximate surface area is 105 Å². The zero-order valence-corrected chi connectivity index (χ0v) is 10.5. The van der Waals surface area contributed by atoms with Crippen LogP contribution in [0.1, 0.15) is 11.4 Å². The number of morpholine rings is 1. The molecule has 1 amide bonds. The summed E-state index contributed by atoms with van der Waals surface area (Å²) in [6, 6.07) is 0. The van der Waals surface area contributed by atoms with Crippen LogP contribution in [-0.2, 0) is 16.0 Å². The maximum atomic E-state index is 11.6. The molecule has 6 heteroatoms. The van der Waals surface area contributed by atoms with Crippen LogP contribution in [0.25, 0.3) is 0 Å². The van der Waals surface area contributed by atoms with Gasteiger partial charge in [-0.15, -0.1) is 11.3 Å². The summed E-state index contributed by atoms with van der Waals surface area (Å²) in [5.41, 5.74) is 0. The van der Waals surface area contributed by atoms with E-state index in [1.807, 2.05) is 5.38 Å². The van der Waals surface area contributed by atoms with Crippen LogP contribution in [0.3, 0.4) is 0 Å². The van der Waals surface area contributed by atoms with Crippen LogP contribution < -0.4 is 10.6 Å². The van der Waals surface area contributed by atoms with Gasteiger partial charge in [0.2, 0.25) is 5.91 Å². The molecule has 1 unspecified atom stereocenters. The third-order valence-electron chi connectivity index (χ3n) is 2.56. The van der Waals surface area contributed by atoms with Gasteiger partial charge in [0.05, 0.1) is 24.1 Å². The Kier molecular flexibility index (Phi) is 4.90. The Morgan fingerprint density at radius 1 is 1.71 bits per heavy atom. The highest BCUT2D eigenvalue weighted by molar-refractivity contribution is 7.09.